The zero-order valence-corrected chi connectivity index (χ0v) is 12.7. The summed E-state index contributed by atoms with van der Waals surface area (Å²) in [6.45, 7) is 2.55. The Morgan fingerprint density at radius 3 is 2.86 bits per heavy atom. The van der Waals surface area contributed by atoms with Gasteiger partial charge in [-0.2, -0.15) is 0 Å². The molecule has 0 aliphatic heterocycles. The van der Waals surface area contributed by atoms with E-state index in [1.165, 1.54) is 11.3 Å². The molecule has 0 unspecified atom stereocenters. The van der Waals surface area contributed by atoms with Crippen LogP contribution < -0.4 is 4.74 Å². The van der Waals surface area contributed by atoms with E-state index in [-0.39, 0.29) is 6.42 Å². The largest absolute Gasteiger partial charge is 0.493 e. The SMILES string of the molecule is CCOc1ccccc1-c1nc(C2CC2)c(CC(=O)O)s1. The number of ether oxygens (including phenoxy) is 1. The van der Waals surface area contributed by atoms with Gasteiger partial charge in [0.25, 0.3) is 0 Å². The molecule has 1 aromatic heterocycles. The van der Waals surface area contributed by atoms with Crippen molar-refractivity contribution in [1.29, 1.82) is 0 Å². The zero-order chi connectivity index (χ0) is 14.8. The number of aromatic nitrogens is 1. The highest BCUT2D eigenvalue weighted by atomic mass is 32.1. The Labute approximate surface area is 127 Å². The molecule has 110 valence electrons. The van der Waals surface area contributed by atoms with E-state index >= 15 is 0 Å². The molecule has 5 heteroatoms. The Hall–Kier alpha value is -1.88. The van der Waals surface area contributed by atoms with Crippen molar-refractivity contribution in [2.75, 3.05) is 6.61 Å². The highest BCUT2D eigenvalue weighted by Gasteiger charge is 2.30. The number of hydrogen-bond acceptors (Lipinski definition) is 4. The minimum atomic E-state index is -0.801. The van der Waals surface area contributed by atoms with E-state index in [0.717, 1.165) is 39.7 Å². The van der Waals surface area contributed by atoms with Crippen molar-refractivity contribution < 1.29 is 14.6 Å². The van der Waals surface area contributed by atoms with Crippen molar-refractivity contribution in [3.05, 3.63) is 34.8 Å². The molecule has 1 heterocycles. The first-order chi connectivity index (χ1) is 10.2. The van der Waals surface area contributed by atoms with Crippen LogP contribution in [-0.4, -0.2) is 22.7 Å². The lowest BCUT2D eigenvalue weighted by Gasteiger charge is -2.07. The van der Waals surface area contributed by atoms with Gasteiger partial charge in [-0.1, -0.05) is 12.1 Å². The van der Waals surface area contributed by atoms with E-state index in [9.17, 15) is 4.79 Å². The van der Waals surface area contributed by atoms with Gasteiger partial charge in [0.2, 0.25) is 0 Å². The Balaban J connectivity index is 2.00. The highest BCUT2D eigenvalue weighted by molar-refractivity contribution is 7.15. The smallest absolute Gasteiger partial charge is 0.308 e. The molecule has 3 rings (SSSR count). The first kappa shape index (κ1) is 14.1. The number of para-hydroxylation sites is 1. The van der Waals surface area contributed by atoms with Crippen LogP contribution in [0, 0.1) is 0 Å². The molecule has 0 atom stereocenters. The van der Waals surface area contributed by atoms with Crippen molar-refractivity contribution in [3.63, 3.8) is 0 Å². The van der Waals surface area contributed by atoms with E-state index in [0.29, 0.717) is 12.5 Å². The molecule has 1 saturated carbocycles. The van der Waals surface area contributed by atoms with Gasteiger partial charge in [-0.3, -0.25) is 4.79 Å². The molecule has 1 aliphatic rings. The monoisotopic (exact) mass is 303 g/mol. The number of hydrogen-bond donors (Lipinski definition) is 1. The number of aliphatic carboxylic acids is 1. The number of benzene rings is 1. The van der Waals surface area contributed by atoms with Gasteiger partial charge >= 0.3 is 5.97 Å². The van der Waals surface area contributed by atoms with Gasteiger partial charge in [-0.05, 0) is 31.9 Å². The second-order valence-electron chi connectivity index (χ2n) is 5.10. The lowest BCUT2D eigenvalue weighted by Crippen LogP contribution is -2.00. The molecule has 0 bridgehead atoms. The summed E-state index contributed by atoms with van der Waals surface area (Å²) in [5.41, 5.74) is 1.92. The number of rotatable bonds is 6. The molecule has 0 amide bonds. The van der Waals surface area contributed by atoms with Crippen LogP contribution in [0.15, 0.2) is 24.3 Å². The quantitative estimate of drug-likeness (QED) is 0.883. The molecule has 0 spiro atoms. The Bertz CT molecular complexity index is 661. The van der Waals surface area contributed by atoms with Crippen LogP contribution in [0.3, 0.4) is 0 Å². The summed E-state index contributed by atoms with van der Waals surface area (Å²) in [7, 11) is 0. The third kappa shape index (κ3) is 3.08. The molecule has 1 fully saturated rings. The van der Waals surface area contributed by atoms with Crippen LogP contribution in [0.25, 0.3) is 10.6 Å². The van der Waals surface area contributed by atoms with Crippen molar-refractivity contribution in [2.24, 2.45) is 0 Å². The van der Waals surface area contributed by atoms with Gasteiger partial charge < -0.3 is 9.84 Å². The van der Waals surface area contributed by atoms with Crippen LogP contribution in [0.1, 0.15) is 36.3 Å². The van der Waals surface area contributed by atoms with Gasteiger partial charge in [-0.15, -0.1) is 11.3 Å². The van der Waals surface area contributed by atoms with Gasteiger partial charge in [0.1, 0.15) is 10.8 Å². The molecule has 0 radical (unpaired) electrons. The number of thiazole rings is 1. The van der Waals surface area contributed by atoms with Crippen molar-refractivity contribution >= 4 is 17.3 Å². The minimum absolute atomic E-state index is 0.0559. The zero-order valence-electron chi connectivity index (χ0n) is 11.8. The number of carbonyl (C=O) groups is 1. The molecule has 2 aromatic rings. The van der Waals surface area contributed by atoms with E-state index in [1.54, 1.807) is 0 Å². The fourth-order valence-electron chi connectivity index (χ4n) is 2.34. The van der Waals surface area contributed by atoms with E-state index in [4.69, 9.17) is 14.8 Å². The molecular formula is C16H17NO3S. The average Bonchev–Trinajstić information content (AvgIpc) is 3.21. The van der Waals surface area contributed by atoms with Gasteiger partial charge in [-0.25, -0.2) is 4.98 Å². The molecule has 1 aromatic carbocycles. The molecular weight excluding hydrogens is 286 g/mol. The van der Waals surface area contributed by atoms with E-state index < -0.39 is 5.97 Å². The van der Waals surface area contributed by atoms with Crippen LogP contribution in [0.4, 0.5) is 0 Å². The summed E-state index contributed by atoms with van der Waals surface area (Å²) in [6.07, 6.45) is 2.28. The summed E-state index contributed by atoms with van der Waals surface area (Å²) < 4.78 is 5.65. The Morgan fingerprint density at radius 2 is 2.19 bits per heavy atom. The standard InChI is InChI=1S/C16H17NO3S/c1-2-20-12-6-4-3-5-11(12)16-17-15(10-7-8-10)13(21-16)9-14(18)19/h3-6,10H,2,7-9H2,1H3,(H,18,19). The summed E-state index contributed by atoms with van der Waals surface area (Å²) in [4.78, 5) is 16.6. The average molecular weight is 303 g/mol. The maximum atomic E-state index is 11.0. The second kappa shape index (κ2) is 5.85. The van der Waals surface area contributed by atoms with E-state index in [2.05, 4.69) is 0 Å². The normalized spacial score (nSPS) is 14.1. The van der Waals surface area contributed by atoms with E-state index in [1.807, 2.05) is 31.2 Å². The first-order valence-electron chi connectivity index (χ1n) is 7.12. The molecule has 0 saturated heterocycles. The summed E-state index contributed by atoms with van der Waals surface area (Å²) in [5, 5.41) is 9.92. The van der Waals surface area contributed by atoms with Crippen LogP contribution >= 0.6 is 11.3 Å². The Kier molecular flexibility index (Phi) is 3.92. The summed E-state index contributed by atoms with van der Waals surface area (Å²) >= 11 is 1.48. The second-order valence-corrected chi connectivity index (χ2v) is 6.19. The highest BCUT2D eigenvalue weighted by Crippen LogP contribution is 2.45. The van der Waals surface area contributed by atoms with Crippen LogP contribution in [0.2, 0.25) is 0 Å². The van der Waals surface area contributed by atoms with Crippen LogP contribution in [-0.2, 0) is 11.2 Å². The van der Waals surface area contributed by atoms with Crippen molar-refractivity contribution in [2.45, 2.75) is 32.1 Å². The summed E-state index contributed by atoms with van der Waals surface area (Å²) in [5.74, 6) is 0.451. The maximum absolute atomic E-state index is 11.0. The predicted octanol–water partition coefficient (Wildman–Crippen LogP) is 3.71. The van der Waals surface area contributed by atoms with Gasteiger partial charge in [0.15, 0.2) is 0 Å². The van der Waals surface area contributed by atoms with Crippen molar-refractivity contribution in [3.8, 4) is 16.3 Å². The molecule has 1 aliphatic carbocycles. The number of nitrogens with zero attached hydrogens (tertiary/aromatic N) is 1. The lowest BCUT2D eigenvalue weighted by atomic mass is 10.2. The predicted molar refractivity (Wildman–Crippen MR) is 82.0 cm³/mol. The maximum Gasteiger partial charge on any atom is 0.308 e. The number of carboxylic acids is 1. The Morgan fingerprint density at radius 1 is 1.43 bits per heavy atom. The fourth-order valence-corrected chi connectivity index (χ4v) is 3.51. The third-order valence-electron chi connectivity index (χ3n) is 3.42. The third-order valence-corrected chi connectivity index (χ3v) is 4.53. The minimum Gasteiger partial charge on any atom is -0.493 e. The molecule has 4 nitrogen and oxygen atoms in total. The topological polar surface area (TPSA) is 59.4 Å². The fraction of sp³-hybridized carbons (Fsp3) is 0.375. The number of carboxylic acid groups (broad SMARTS) is 1. The van der Waals surface area contributed by atoms with Crippen LogP contribution in [0.5, 0.6) is 5.75 Å². The molecule has 1 N–H and O–H groups in total. The molecule has 21 heavy (non-hydrogen) atoms. The van der Waals surface area contributed by atoms with Crippen molar-refractivity contribution in [1.82, 2.24) is 4.98 Å². The van der Waals surface area contributed by atoms with Gasteiger partial charge in [0.05, 0.1) is 24.3 Å². The first-order valence-corrected chi connectivity index (χ1v) is 7.94. The van der Waals surface area contributed by atoms with Gasteiger partial charge in [0, 0.05) is 10.8 Å². The lowest BCUT2D eigenvalue weighted by molar-refractivity contribution is -0.136. The summed E-state index contributed by atoms with van der Waals surface area (Å²) in [6, 6.07) is 7.79.